The molecule has 0 saturated carbocycles. The second kappa shape index (κ2) is 6.65. The fourth-order valence-corrected chi connectivity index (χ4v) is 3.13. The van der Waals surface area contributed by atoms with Crippen molar-refractivity contribution in [3.8, 4) is 0 Å². The van der Waals surface area contributed by atoms with Gasteiger partial charge in [-0.2, -0.15) is 0 Å². The van der Waals surface area contributed by atoms with E-state index in [0.717, 1.165) is 5.57 Å². The van der Waals surface area contributed by atoms with Gasteiger partial charge >= 0.3 is 11.9 Å². The Labute approximate surface area is 131 Å². The third-order valence-electron chi connectivity index (χ3n) is 4.59. The Hall–Kier alpha value is -1.62. The highest BCUT2D eigenvalue weighted by Crippen LogP contribution is 2.36. The molecule has 22 heavy (non-hydrogen) atoms. The first-order valence-electron chi connectivity index (χ1n) is 7.71. The van der Waals surface area contributed by atoms with Crippen molar-refractivity contribution in [2.75, 3.05) is 0 Å². The highest BCUT2D eigenvalue weighted by molar-refractivity contribution is 5.75. The number of fused-ring (bicyclic) bond motifs is 1. The number of ether oxygens (including phenoxy) is 2. The summed E-state index contributed by atoms with van der Waals surface area (Å²) in [5, 5.41) is 10.2. The lowest BCUT2D eigenvalue weighted by atomic mass is 9.82. The molecule has 1 aliphatic heterocycles. The van der Waals surface area contributed by atoms with Gasteiger partial charge in [0.2, 0.25) is 0 Å². The molecule has 0 amide bonds. The summed E-state index contributed by atoms with van der Waals surface area (Å²) in [6.07, 6.45) is 1.96. The van der Waals surface area contributed by atoms with Crippen LogP contribution >= 0.6 is 0 Å². The number of rotatable bonds is 1. The van der Waals surface area contributed by atoms with Crippen molar-refractivity contribution in [2.24, 2.45) is 11.8 Å². The van der Waals surface area contributed by atoms with Gasteiger partial charge in [0.05, 0.1) is 12.0 Å². The van der Waals surface area contributed by atoms with Crippen molar-refractivity contribution in [3.05, 3.63) is 23.8 Å². The van der Waals surface area contributed by atoms with Crippen LogP contribution in [0, 0.1) is 11.8 Å². The molecule has 5 atom stereocenters. The normalized spacial score (nSPS) is 36.2. The zero-order chi connectivity index (χ0) is 16.4. The summed E-state index contributed by atoms with van der Waals surface area (Å²) in [5.41, 5.74) is 1.57. The first-order chi connectivity index (χ1) is 10.3. The van der Waals surface area contributed by atoms with E-state index < -0.39 is 18.2 Å². The lowest BCUT2D eigenvalue weighted by Gasteiger charge is -2.29. The minimum absolute atomic E-state index is 0.0890. The van der Waals surface area contributed by atoms with E-state index in [1.165, 1.54) is 6.92 Å². The lowest BCUT2D eigenvalue weighted by molar-refractivity contribution is -0.146. The zero-order valence-corrected chi connectivity index (χ0v) is 13.4. The predicted octanol–water partition coefficient (Wildman–Crippen LogP) is 2.14. The van der Waals surface area contributed by atoms with E-state index in [4.69, 9.17) is 9.47 Å². The van der Waals surface area contributed by atoms with Crippen molar-refractivity contribution >= 4 is 11.9 Å². The second-order valence-corrected chi connectivity index (χ2v) is 6.33. The average molecular weight is 308 g/mol. The summed E-state index contributed by atoms with van der Waals surface area (Å²) in [5.74, 6) is -1.01. The SMILES string of the molecule is C=C1[C@H](O)CCC(C)=C[C@H]2OC(=O)[C@@H](C)[C@@H]2C[C@@H]1OC(C)=O. The molecule has 122 valence electrons. The molecule has 1 heterocycles. The highest BCUT2D eigenvalue weighted by Gasteiger charge is 2.43. The van der Waals surface area contributed by atoms with E-state index in [0.29, 0.717) is 24.8 Å². The summed E-state index contributed by atoms with van der Waals surface area (Å²) in [6.45, 7) is 9.04. The number of hydrogen-bond acceptors (Lipinski definition) is 5. The molecule has 1 aliphatic carbocycles. The monoisotopic (exact) mass is 308 g/mol. The van der Waals surface area contributed by atoms with E-state index >= 15 is 0 Å². The van der Waals surface area contributed by atoms with Crippen LogP contribution in [-0.4, -0.2) is 35.4 Å². The van der Waals surface area contributed by atoms with Gasteiger partial charge in [-0.05, 0) is 37.8 Å². The molecule has 1 fully saturated rings. The number of aliphatic hydroxyl groups excluding tert-OH is 1. The van der Waals surface area contributed by atoms with Gasteiger partial charge in [0, 0.05) is 12.8 Å². The van der Waals surface area contributed by atoms with Gasteiger partial charge in [0.1, 0.15) is 12.2 Å². The number of carbonyl (C=O) groups is 2. The molecular formula is C17H24O5. The van der Waals surface area contributed by atoms with Crippen LogP contribution in [0.4, 0.5) is 0 Å². The van der Waals surface area contributed by atoms with Crippen molar-refractivity contribution in [3.63, 3.8) is 0 Å². The number of esters is 2. The Morgan fingerprint density at radius 3 is 2.82 bits per heavy atom. The topological polar surface area (TPSA) is 72.8 Å². The van der Waals surface area contributed by atoms with Gasteiger partial charge in [-0.3, -0.25) is 9.59 Å². The van der Waals surface area contributed by atoms with E-state index in [1.54, 1.807) is 0 Å². The summed E-state index contributed by atoms with van der Waals surface area (Å²) in [6, 6.07) is 0. The fraction of sp³-hybridized carbons (Fsp3) is 0.647. The van der Waals surface area contributed by atoms with Gasteiger partial charge in [-0.25, -0.2) is 0 Å². The summed E-state index contributed by atoms with van der Waals surface area (Å²) < 4.78 is 10.8. The number of allylic oxidation sites excluding steroid dienone is 1. The maximum absolute atomic E-state index is 11.9. The molecule has 5 heteroatoms. The Balaban J connectivity index is 2.32. The Kier molecular flexibility index (Phi) is 5.06. The molecule has 0 aromatic rings. The average Bonchev–Trinajstić information content (AvgIpc) is 2.69. The highest BCUT2D eigenvalue weighted by atomic mass is 16.6. The molecule has 0 aromatic carbocycles. The molecule has 0 spiro atoms. The second-order valence-electron chi connectivity index (χ2n) is 6.33. The van der Waals surface area contributed by atoms with Gasteiger partial charge in [-0.15, -0.1) is 0 Å². The predicted molar refractivity (Wildman–Crippen MR) is 80.8 cm³/mol. The molecule has 5 nitrogen and oxygen atoms in total. The van der Waals surface area contributed by atoms with Gasteiger partial charge in [0.25, 0.3) is 0 Å². The lowest BCUT2D eigenvalue weighted by Crippen LogP contribution is -2.32. The van der Waals surface area contributed by atoms with E-state index in [1.807, 2.05) is 19.9 Å². The first kappa shape index (κ1) is 16.7. The van der Waals surface area contributed by atoms with Crippen LogP contribution < -0.4 is 0 Å². The van der Waals surface area contributed by atoms with Crippen molar-refractivity contribution in [1.29, 1.82) is 0 Å². The first-order valence-corrected chi connectivity index (χ1v) is 7.71. The fourth-order valence-electron chi connectivity index (χ4n) is 3.13. The van der Waals surface area contributed by atoms with Crippen LogP contribution in [0.25, 0.3) is 0 Å². The van der Waals surface area contributed by atoms with Gasteiger partial charge in [0.15, 0.2) is 0 Å². The van der Waals surface area contributed by atoms with Crippen molar-refractivity contribution < 1.29 is 24.2 Å². The summed E-state index contributed by atoms with van der Waals surface area (Å²) >= 11 is 0. The maximum Gasteiger partial charge on any atom is 0.309 e. The minimum atomic E-state index is -0.724. The zero-order valence-electron chi connectivity index (χ0n) is 13.4. The Bertz CT molecular complexity index is 507. The smallest absolute Gasteiger partial charge is 0.309 e. The quantitative estimate of drug-likeness (QED) is 0.593. The van der Waals surface area contributed by atoms with Crippen molar-refractivity contribution in [2.45, 2.75) is 58.3 Å². The van der Waals surface area contributed by atoms with Crippen LogP contribution in [0.5, 0.6) is 0 Å². The van der Waals surface area contributed by atoms with E-state index in [9.17, 15) is 14.7 Å². The molecule has 1 saturated heterocycles. The molecular weight excluding hydrogens is 284 g/mol. The Morgan fingerprint density at radius 1 is 1.50 bits per heavy atom. The van der Waals surface area contributed by atoms with Crippen LogP contribution in [0.1, 0.15) is 40.0 Å². The van der Waals surface area contributed by atoms with E-state index in [2.05, 4.69) is 6.58 Å². The maximum atomic E-state index is 11.9. The van der Waals surface area contributed by atoms with Crippen LogP contribution in [0.2, 0.25) is 0 Å². The molecule has 2 aliphatic rings. The molecule has 1 N–H and O–H groups in total. The minimum Gasteiger partial charge on any atom is -0.458 e. The number of aliphatic hydroxyl groups is 1. The van der Waals surface area contributed by atoms with Gasteiger partial charge in [-0.1, -0.05) is 19.1 Å². The third-order valence-corrected chi connectivity index (χ3v) is 4.59. The third kappa shape index (κ3) is 3.58. The molecule has 0 aromatic heterocycles. The molecule has 2 rings (SSSR count). The van der Waals surface area contributed by atoms with Crippen LogP contribution in [-0.2, 0) is 19.1 Å². The van der Waals surface area contributed by atoms with Crippen molar-refractivity contribution in [1.82, 2.24) is 0 Å². The molecule has 0 unspecified atom stereocenters. The molecule has 0 bridgehead atoms. The van der Waals surface area contributed by atoms with E-state index in [-0.39, 0.29) is 23.9 Å². The van der Waals surface area contributed by atoms with Crippen LogP contribution in [0.15, 0.2) is 23.8 Å². The standard InChI is InChI=1S/C17H24O5/c1-9-5-6-14(19)11(3)15(21-12(4)18)8-13-10(2)17(20)22-16(13)7-9/h7,10,13-16,19H,3,5-6,8H2,1-2,4H3/t10-,13-,14+,15-,16+/m0/s1. The Morgan fingerprint density at radius 2 is 2.18 bits per heavy atom. The summed E-state index contributed by atoms with van der Waals surface area (Å²) in [7, 11) is 0. The largest absolute Gasteiger partial charge is 0.458 e. The number of carbonyl (C=O) groups excluding carboxylic acids is 2. The number of hydrogen-bond donors (Lipinski definition) is 1. The van der Waals surface area contributed by atoms with Gasteiger partial charge < -0.3 is 14.6 Å². The molecule has 0 radical (unpaired) electrons. The van der Waals surface area contributed by atoms with Crippen LogP contribution in [0.3, 0.4) is 0 Å². The summed E-state index contributed by atoms with van der Waals surface area (Å²) in [4.78, 5) is 23.2.